The van der Waals surface area contributed by atoms with Gasteiger partial charge in [-0.2, -0.15) is 0 Å². The Morgan fingerprint density at radius 1 is 1.26 bits per heavy atom. The molecule has 2 amide bonds. The van der Waals surface area contributed by atoms with Gasteiger partial charge in [-0.3, -0.25) is 4.79 Å². The second-order valence-corrected chi connectivity index (χ2v) is 5.74. The van der Waals surface area contributed by atoms with Crippen molar-refractivity contribution in [3.63, 3.8) is 0 Å². The van der Waals surface area contributed by atoms with Crippen LogP contribution in [0.4, 0.5) is 4.79 Å². The predicted octanol–water partition coefficient (Wildman–Crippen LogP) is 3.66. The van der Waals surface area contributed by atoms with Crippen LogP contribution in [0.25, 0.3) is 0 Å². The average molecular weight is 284 g/mol. The number of imide groups is 1. The molecule has 1 aromatic rings. The van der Waals surface area contributed by atoms with Gasteiger partial charge < -0.3 is 4.74 Å². The highest BCUT2D eigenvalue weighted by Gasteiger charge is 2.25. The van der Waals surface area contributed by atoms with E-state index in [0.717, 1.165) is 10.5 Å². The standard InChI is InChI=1S/C14H18ClNO3/c1-9-6-7-10(15)8-11(9)12(17)16(5)13(18)19-14(2,3)4/h6-8H,1-5H3. The molecule has 0 fully saturated rings. The van der Waals surface area contributed by atoms with Gasteiger partial charge in [0.25, 0.3) is 5.91 Å². The van der Waals surface area contributed by atoms with Crippen LogP contribution in [-0.2, 0) is 4.74 Å². The van der Waals surface area contributed by atoms with E-state index in [1.807, 2.05) is 0 Å². The van der Waals surface area contributed by atoms with Crippen LogP contribution in [0.5, 0.6) is 0 Å². The average Bonchev–Trinajstić information content (AvgIpc) is 2.28. The zero-order chi connectivity index (χ0) is 14.8. The molecule has 0 aliphatic rings. The lowest BCUT2D eigenvalue weighted by Crippen LogP contribution is -2.38. The van der Waals surface area contributed by atoms with Gasteiger partial charge in [-0.15, -0.1) is 0 Å². The minimum absolute atomic E-state index is 0.390. The summed E-state index contributed by atoms with van der Waals surface area (Å²) in [6, 6.07) is 4.97. The molecule has 1 rings (SSSR count). The van der Waals surface area contributed by atoms with Crippen molar-refractivity contribution in [2.45, 2.75) is 33.3 Å². The van der Waals surface area contributed by atoms with E-state index in [-0.39, 0.29) is 0 Å². The molecule has 0 aliphatic carbocycles. The van der Waals surface area contributed by atoms with Gasteiger partial charge >= 0.3 is 6.09 Å². The molecule has 1 aromatic carbocycles. The topological polar surface area (TPSA) is 46.6 Å². The summed E-state index contributed by atoms with van der Waals surface area (Å²) in [5.41, 5.74) is 0.500. The van der Waals surface area contributed by atoms with Gasteiger partial charge in [0, 0.05) is 17.6 Å². The quantitative estimate of drug-likeness (QED) is 0.790. The highest BCUT2D eigenvalue weighted by atomic mass is 35.5. The third-order valence-corrected chi connectivity index (χ3v) is 2.64. The molecule has 0 saturated carbocycles. The molecule has 104 valence electrons. The fourth-order valence-electron chi connectivity index (χ4n) is 1.42. The fourth-order valence-corrected chi connectivity index (χ4v) is 1.59. The maximum atomic E-state index is 12.2. The summed E-state index contributed by atoms with van der Waals surface area (Å²) in [5, 5.41) is 0.450. The number of rotatable bonds is 1. The lowest BCUT2D eigenvalue weighted by atomic mass is 10.1. The number of amides is 2. The van der Waals surface area contributed by atoms with Crippen LogP contribution in [0, 0.1) is 6.92 Å². The summed E-state index contributed by atoms with van der Waals surface area (Å²) in [4.78, 5) is 25.0. The molecular formula is C14H18ClNO3. The molecule has 0 atom stereocenters. The van der Waals surface area contributed by atoms with Crippen LogP contribution >= 0.6 is 11.6 Å². The number of benzene rings is 1. The molecule has 0 heterocycles. The summed E-state index contributed by atoms with van der Waals surface area (Å²) < 4.78 is 5.15. The molecule has 0 radical (unpaired) electrons. The first-order valence-corrected chi connectivity index (χ1v) is 6.27. The van der Waals surface area contributed by atoms with Crippen LogP contribution in [0.1, 0.15) is 36.7 Å². The van der Waals surface area contributed by atoms with E-state index in [0.29, 0.717) is 10.6 Å². The van der Waals surface area contributed by atoms with E-state index >= 15 is 0 Å². The zero-order valence-electron chi connectivity index (χ0n) is 11.8. The Morgan fingerprint density at radius 2 is 1.84 bits per heavy atom. The van der Waals surface area contributed by atoms with E-state index in [2.05, 4.69) is 0 Å². The maximum absolute atomic E-state index is 12.2. The maximum Gasteiger partial charge on any atom is 0.417 e. The molecule has 0 bridgehead atoms. The van der Waals surface area contributed by atoms with Crippen molar-refractivity contribution in [3.05, 3.63) is 34.3 Å². The van der Waals surface area contributed by atoms with Crippen molar-refractivity contribution in [2.75, 3.05) is 7.05 Å². The minimum atomic E-state index is -0.683. The first-order chi connectivity index (χ1) is 8.61. The van der Waals surface area contributed by atoms with Crippen molar-refractivity contribution in [1.82, 2.24) is 4.90 Å². The van der Waals surface area contributed by atoms with Crippen LogP contribution in [-0.4, -0.2) is 29.5 Å². The molecule has 0 aromatic heterocycles. The number of halogens is 1. The van der Waals surface area contributed by atoms with Gasteiger partial charge in [0.05, 0.1) is 0 Å². The zero-order valence-corrected chi connectivity index (χ0v) is 12.5. The van der Waals surface area contributed by atoms with Crippen LogP contribution in [0.15, 0.2) is 18.2 Å². The number of carbonyl (C=O) groups is 2. The highest BCUT2D eigenvalue weighted by Crippen LogP contribution is 2.18. The fraction of sp³-hybridized carbons (Fsp3) is 0.429. The van der Waals surface area contributed by atoms with Gasteiger partial charge in [-0.05, 0) is 45.4 Å². The lowest BCUT2D eigenvalue weighted by molar-refractivity contribution is 0.0284. The largest absolute Gasteiger partial charge is 0.443 e. The molecule has 0 aliphatic heterocycles. The minimum Gasteiger partial charge on any atom is -0.443 e. The first-order valence-electron chi connectivity index (χ1n) is 5.89. The van der Waals surface area contributed by atoms with Crippen molar-refractivity contribution in [3.8, 4) is 0 Å². The van der Waals surface area contributed by atoms with Gasteiger partial charge in [0.2, 0.25) is 0 Å². The molecule has 4 nitrogen and oxygen atoms in total. The van der Waals surface area contributed by atoms with Gasteiger partial charge in [-0.25, -0.2) is 9.69 Å². The van der Waals surface area contributed by atoms with E-state index in [1.54, 1.807) is 45.9 Å². The Balaban J connectivity index is 2.94. The Hall–Kier alpha value is -1.55. The van der Waals surface area contributed by atoms with E-state index < -0.39 is 17.6 Å². The molecule has 0 spiro atoms. The normalized spacial score (nSPS) is 11.1. The number of hydrogen-bond donors (Lipinski definition) is 0. The summed E-state index contributed by atoms with van der Waals surface area (Å²) in [7, 11) is 1.39. The highest BCUT2D eigenvalue weighted by molar-refractivity contribution is 6.31. The lowest BCUT2D eigenvalue weighted by Gasteiger charge is -2.24. The van der Waals surface area contributed by atoms with Gasteiger partial charge in [0.15, 0.2) is 0 Å². The Kier molecular flexibility index (Phi) is 4.58. The Bertz CT molecular complexity index is 506. The predicted molar refractivity (Wildman–Crippen MR) is 74.5 cm³/mol. The second-order valence-electron chi connectivity index (χ2n) is 5.30. The number of carbonyl (C=O) groups excluding carboxylic acids is 2. The van der Waals surface area contributed by atoms with Crippen molar-refractivity contribution in [1.29, 1.82) is 0 Å². The molecule has 0 N–H and O–H groups in total. The number of nitrogens with zero attached hydrogens (tertiary/aromatic N) is 1. The van der Waals surface area contributed by atoms with E-state index in [9.17, 15) is 9.59 Å². The van der Waals surface area contributed by atoms with Crippen LogP contribution in [0.3, 0.4) is 0 Å². The summed E-state index contributed by atoms with van der Waals surface area (Å²) >= 11 is 5.86. The summed E-state index contributed by atoms with van der Waals surface area (Å²) in [5.74, 6) is -0.436. The molecule has 0 unspecified atom stereocenters. The van der Waals surface area contributed by atoms with Crippen LogP contribution < -0.4 is 0 Å². The third-order valence-electron chi connectivity index (χ3n) is 2.40. The smallest absolute Gasteiger partial charge is 0.417 e. The number of ether oxygens (including phenoxy) is 1. The van der Waals surface area contributed by atoms with E-state index in [1.165, 1.54) is 7.05 Å². The summed E-state index contributed by atoms with van der Waals surface area (Å²) in [6.45, 7) is 7.02. The monoisotopic (exact) mass is 283 g/mol. The first kappa shape index (κ1) is 15.5. The van der Waals surface area contributed by atoms with E-state index in [4.69, 9.17) is 16.3 Å². The number of hydrogen-bond acceptors (Lipinski definition) is 3. The van der Waals surface area contributed by atoms with Crippen molar-refractivity contribution >= 4 is 23.6 Å². The molecule has 0 saturated heterocycles. The van der Waals surface area contributed by atoms with Crippen LogP contribution in [0.2, 0.25) is 5.02 Å². The molecular weight excluding hydrogens is 266 g/mol. The van der Waals surface area contributed by atoms with Gasteiger partial charge in [0.1, 0.15) is 5.60 Å². The van der Waals surface area contributed by atoms with Crippen molar-refractivity contribution < 1.29 is 14.3 Å². The second kappa shape index (κ2) is 5.61. The Morgan fingerprint density at radius 3 is 2.37 bits per heavy atom. The molecule has 5 heteroatoms. The summed E-state index contributed by atoms with van der Waals surface area (Å²) in [6.07, 6.45) is -0.683. The van der Waals surface area contributed by atoms with Crippen molar-refractivity contribution in [2.24, 2.45) is 0 Å². The van der Waals surface area contributed by atoms with Gasteiger partial charge in [-0.1, -0.05) is 17.7 Å². The Labute approximate surface area is 118 Å². The number of aryl methyl sites for hydroxylation is 1. The SMILES string of the molecule is Cc1ccc(Cl)cc1C(=O)N(C)C(=O)OC(C)(C)C. The molecule has 19 heavy (non-hydrogen) atoms. The third kappa shape index (κ3) is 4.24.